The summed E-state index contributed by atoms with van der Waals surface area (Å²) in [7, 11) is 0. The molecule has 0 spiro atoms. The number of para-hydroxylation sites is 2. The highest BCUT2D eigenvalue weighted by Crippen LogP contribution is 2.45. The van der Waals surface area contributed by atoms with E-state index in [1.807, 2.05) is 58.8 Å². The van der Waals surface area contributed by atoms with Crippen molar-refractivity contribution in [1.29, 1.82) is 0 Å². The number of thiazole rings is 1. The Labute approximate surface area is 154 Å². The van der Waals surface area contributed by atoms with Gasteiger partial charge in [0.2, 0.25) is 5.91 Å². The average molecular weight is 364 g/mol. The van der Waals surface area contributed by atoms with Gasteiger partial charge in [-0.1, -0.05) is 47.7 Å². The first-order chi connectivity index (χ1) is 12.8. The summed E-state index contributed by atoms with van der Waals surface area (Å²) in [6.07, 6.45) is 1.73. The smallest absolute Gasteiger partial charge is 0.273 e. The van der Waals surface area contributed by atoms with Gasteiger partial charge in [0.25, 0.3) is 5.19 Å². The van der Waals surface area contributed by atoms with Gasteiger partial charge in [-0.3, -0.25) is 4.79 Å². The normalized spacial score (nSPS) is 16.2. The summed E-state index contributed by atoms with van der Waals surface area (Å²) in [4.78, 5) is 19.2. The Morgan fingerprint density at radius 2 is 1.73 bits per heavy atom. The van der Waals surface area contributed by atoms with Gasteiger partial charge in [-0.2, -0.15) is 0 Å². The lowest BCUT2D eigenvalue weighted by Gasteiger charge is -2.41. The Balaban J connectivity index is 1.39. The van der Waals surface area contributed by atoms with Gasteiger partial charge in [-0.05, 0) is 12.1 Å². The zero-order valence-electron chi connectivity index (χ0n) is 13.9. The molecule has 5 rings (SSSR count). The molecule has 0 unspecified atom stereocenters. The van der Waals surface area contributed by atoms with Crippen LogP contribution in [-0.2, 0) is 4.79 Å². The van der Waals surface area contributed by atoms with Crippen molar-refractivity contribution in [2.45, 2.75) is 12.0 Å². The highest BCUT2D eigenvalue weighted by molar-refractivity contribution is 7.11. The molecular weight excluding hydrogens is 348 g/mol. The minimum atomic E-state index is -0.336. The molecule has 0 radical (unpaired) electrons. The molecular formula is C20H16N2O3S. The molecule has 130 valence electrons. The highest BCUT2D eigenvalue weighted by atomic mass is 32.1. The van der Waals surface area contributed by atoms with Crippen molar-refractivity contribution in [2.75, 3.05) is 13.1 Å². The lowest BCUT2D eigenvalue weighted by atomic mass is 9.86. The van der Waals surface area contributed by atoms with Crippen LogP contribution in [0.15, 0.2) is 60.1 Å². The third-order valence-electron chi connectivity index (χ3n) is 4.76. The zero-order chi connectivity index (χ0) is 17.5. The number of carbonyl (C=O) groups is 1. The van der Waals surface area contributed by atoms with Crippen LogP contribution in [0.1, 0.15) is 17.0 Å². The molecule has 5 nitrogen and oxygen atoms in total. The molecule has 2 aromatic carbocycles. The van der Waals surface area contributed by atoms with Crippen LogP contribution < -0.4 is 9.47 Å². The monoisotopic (exact) mass is 364 g/mol. The van der Waals surface area contributed by atoms with E-state index < -0.39 is 0 Å². The Morgan fingerprint density at radius 3 is 2.35 bits per heavy atom. The number of benzene rings is 2. The number of rotatable bonds is 3. The van der Waals surface area contributed by atoms with Gasteiger partial charge < -0.3 is 14.4 Å². The molecule has 0 aliphatic carbocycles. The second-order valence-electron chi connectivity index (χ2n) is 6.39. The van der Waals surface area contributed by atoms with Crippen molar-refractivity contribution >= 4 is 17.2 Å². The third-order valence-corrected chi connectivity index (χ3v) is 5.42. The van der Waals surface area contributed by atoms with E-state index in [2.05, 4.69) is 4.98 Å². The summed E-state index contributed by atoms with van der Waals surface area (Å²) in [6.45, 7) is 1.17. The van der Waals surface area contributed by atoms with Gasteiger partial charge in [0, 0.05) is 22.7 Å². The fourth-order valence-electron chi connectivity index (χ4n) is 3.46. The first-order valence-corrected chi connectivity index (χ1v) is 9.38. The molecule has 0 bridgehead atoms. The standard InChI is InChI=1S/C20H16N2O3S/c23-19(22-11-13(12-22)24-20-21-9-10-26-20)18-14-5-1-3-7-16(14)25-17-8-4-2-6-15(17)18/h1-10,13,18H,11-12H2. The van der Waals surface area contributed by atoms with E-state index in [0.29, 0.717) is 18.3 Å². The van der Waals surface area contributed by atoms with Crippen molar-refractivity contribution in [1.82, 2.24) is 9.88 Å². The topological polar surface area (TPSA) is 51.7 Å². The lowest BCUT2D eigenvalue weighted by molar-refractivity contribution is -0.140. The summed E-state index contributed by atoms with van der Waals surface area (Å²) in [6, 6.07) is 15.5. The van der Waals surface area contributed by atoms with Crippen LogP contribution in [0, 0.1) is 0 Å². The number of nitrogens with zero attached hydrogens (tertiary/aromatic N) is 2. The van der Waals surface area contributed by atoms with Crippen LogP contribution in [0.5, 0.6) is 16.7 Å². The molecule has 3 heterocycles. The summed E-state index contributed by atoms with van der Waals surface area (Å²) < 4.78 is 11.8. The molecule has 1 amide bonds. The van der Waals surface area contributed by atoms with Gasteiger partial charge in [-0.15, -0.1) is 0 Å². The Morgan fingerprint density at radius 1 is 1.08 bits per heavy atom. The minimum Gasteiger partial charge on any atom is -0.463 e. The highest BCUT2D eigenvalue weighted by Gasteiger charge is 2.40. The van der Waals surface area contributed by atoms with Crippen LogP contribution in [0.25, 0.3) is 0 Å². The van der Waals surface area contributed by atoms with Crippen molar-refractivity contribution < 1.29 is 14.3 Å². The van der Waals surface area contributed by atoms with Gasteiger partial charge in [0.15, 0.2) is 0 Å². The summed E-state index contributed by atoms with van der Waals surface area (Å²) in [5, 5.41) is 2.54. The Bertz CT molecular complexity index is 906. The molecule has 0 N–H and O–H groups in total. The maximum Gasteiger partial charge on any atom is 0.273 e. The van der Waals surface area contributed by atoms with E-state index in [9.17, 15) is 4.79 Å². The minimum absolute atomic E-state index is 0.00966. The van der Waals surface area contributed by atoms with E-state index in [0.717, 1.165) is 22.6 Å². The maximum atomic E-state index is 13.3. The largest absolute Gasteiger partial charge is 0.463 e. The van der Waals surface area contributed by atoms with Crippen LogP contribution in [0.2, 0.25) is 0 Å². The summed E-state index contributed by atoms with van der Waals surface area (Å²) in [5.74, 6) is 1.26. The van der Waals surface area contributed by atoms with Gasteiger partial charge >= 0.3 is 0 Å². The molecule has 2 aliphatic rings. The fraction of sp³-hybridized carbons (Fsp3) is 0.200. The summed E-state index contributed by atoms with van der Waals surface area (Å²) in [5.41, 5.74) is 1.83. The molecule has 1 fully saturated rings. The summed E-state index contributed by atoms with van der Waals surface area (Å²) >= 11 is 1.47. The van der Waals surface area contributed by atoms with Gasteiger partial charge in [0.1, 0.15) is 17.6 Å². The number of hydrogen-bond donors (Lipinski definition) is 0. The molecule has 0 saturated carbocycles. The van der Waals surface area contributed by atoms with E-state index in [1.165, 1.54) is 11.3 Å². The van der Waals surface area contributed by atoms with Crippen molar-refractivity contribution in [3.05, 3.63) is 71.2 Å². The number of ether oxygens (including phenoxy) is 2. The van der Waals surface area contributed by atoms with Crippen molar-refractivity contribution in [3.8, 4) is 16.7 Å². The number of fused-ring (bicyclic) bond motifs is 2. The first kappa shape index (κ1) is 15.4. The molecule has 1 saturated heterocycles. The second kappa shape index (κ2) is 6.14. The number of carbonyl (C=O) groups excluding carboxylic acids is 1. The number of hydrogen-bond acceptors (Lipinski definition) is 5. The predicted molar refractivity (Wildman–Crippen MR) is 97.9 cm³/mol. The van der Waals surface area contributed by atoms with Crippen LogP contribution >= 0.6 is 11.3 Å². The van der Waals surface area contributed by atoms with E-state index in [-0.39, 0.29) is 17.9 Å². The van der Waals surface area contributed by atoms with Crippen molar-refractivity contribution in [3.63, 3.8) is 0 Å². The van der Waals surface area contributed by atoms with Gasteiger partial charge in [-0.25, -0.2) is 4.98 Å². The molecule has 3 aromatic rings. The first-order valence-electron chi connectivity index (χ1n) is 8.50. The van der Waals surface area contributed by atoms with Crippen LogP contribution in [0.4, 0.5) is 0 Å². The molecule has 6 heteroatoms. The molecule has 26 heavy (non-hydrogen) atoms. The fourth-order valence-corrected chi connectivity index (χ4v) is 4.01. The maximum absolute atomic E-state index is 13.3. The molecule has 0 atom stereocenters. The van der Waals surface area contributed by atoms with E-state index in [4.69, 9.17) is 9.47 Å². The van der Waals surface area contributed by atoms with E-state index in [1.54, 1.807) is 6.20 Å². The zero-order valence-corrected chi connectivity index (χ0v) is 14.7. The van der Waals surface area contributed by atoms with Gasteiger partial charge in [0.05, 0.1) is 19.0 Å². The average Bonchev–Trinajstić information content (AvgIpc) is 3.15. The lowest BCUT2D eigenvalue weighted by Crippen LogP contribution is -2.57. The Kier molecular flexibility index (Phi) is 3.64. The predicted octanol–water partition coefficient (Wildman–Crippen LogP) is 3.67. The number of likely N-dealkylation sites (tertiary alicyclic amines) is 1. The SMILES string of the molecule is O=C(C1c2ccccc2Oc2ccccc21)N1CC(Oc2nccs2)C1. The molecule has 1 aromatic heterocycles. The third kappa shape index (κ3) is 2.54. The second-order valence-corrected chi connectivity index (χ2v) is 7.25. The van der Waals surface area contributed by atoms with Crippen molar-refractivity contribution in [2.24, 2.45) is 0 Å². The van der Waals surface area contributed by atoms with Crippen LogP contribution in [-0.4, -0.2) is 35.0 Å². The number of amides is 1. The quantitative estimate of drug-likeness (QED) is 0.712. The van der Waals surface area contributed by atoms with Crippen LogP contribution in [0.3, 0.4) is 0 Å². The molecule has 2 aliphatic heterocycles. The number of aromatic nitrogens is 1. The Hall–Kier alpha value is -2.86. The van der Waals surface area contributed by atoms with E-state index >= 15 is 0 Å².